The molecule has 2 aromatic carbocycles. The Hall–Kier alpha value is -2.97. The largest absolute Gasteiger partial charge is 0.417 e. The predicted molar refractivity (Wildman–Crippen MR) is 120 cm³/mol. The summed E-state index contributed by atoms with van der Waals surface area (Å²) in [4.78, 5) is 21.2. The molecule has 4 rings (SSSR count). The molecule has 172 valence electrons. The number of nitrogens with one attached hydrogen (secondary N) is 2. The Kier molecular flexibility index (Phi) is 6.95. The number of halogens is 4. The summed E-state index contributed by atoms with van der Waals surface area (Å²) in [5.41, 5.74) is 1.28. The third kappa shape index (κ3) is 5.34. The number of carbonyl (C=O) groups is 1. The van der Waals surface area contributed by atoms with Crippen molar-refractivity contribution in [1.82, 2.24) is 20.6 Å². The molecular formula is C24H22ClF3N4O. The van der Waals surface area contributed by atoms with Crippen LogP contribution in [0.25, 0.3) is 11.1 Å². The van der Waals surface area contributed by atoms with E-state index in [1.807, 2.05) is 24.3 Å². The van der Waals surface area contributed by atoms with Crippen LogP contribution in [-0.2, 0) is 6.18 Å². The molecule has 0 radical (unpaired) electrons. The summed E-state index contributed by atoms with van der Waals surface area (Å²) in [5, 5.41) is 5.76. The van der Waals surface area contributed by atoms with Gasteiger partial charge in [0, 0.05) is 24.0 Å². The molecule has 1 aliphatic rings. The van der Waals surface area contributed by atoms with Gasteiger partial charge in [0.15, 0.2) is 0 Å². The number of carbonyl (C=O) groups excluding carboxylic acids is 1. The molecule has 3 aromatic rings. The lowest BCUT2D eigenvalue weighted by Gasteiger charge is -2.32. The van der Waals surface area contributed by atoms with Crippen LogP contribution >= 0.6 is 11.6 Å². The molecule has 0 saturated carbocycles. The molecule has 5 nitrogen and oxygen atoms in total. The molecule has 1 unspecified atom stereocenters. The molecule has 2 atom stereocenters. The van der Waals surface area contributed by atoms with Crippen LogP contribution in [-0.4, -0.2) is 28.5 Å². The second-order valence-corrected chi connectivity index (χ2v) is 8.30. The predicted octanol–water partition coefficient (Wildman–Crippen LogP) is 5.43. The summed E-state index contributed by atoms with van der Waals surface area (Å²) in [5.74, 6) is -0.656. The second kappa shape index (κ2) is 9.89. The van der Waals surface area contributed by atoms with Crippen LogP contribution in [0.2, 0.25) is 5.02 Å². The average Bonchev–Trinajstić information content (AvgIpc) is 2.83. The van der Waals surface area contributed by atoms with Gasteiger partial charge in [-0.1, -0.05) is 42.3 Å². The smallest absolute Gasteiger partial charge is 0.344 e. The van der Waals surface area contributed by atoms with Crippen molar-refractivity contribution in [2.75, 3.05) is 6.54 Å². The number of piperidine rings is 1. The van der Waals surface area contributed by atoms with E-state index in [9.17, 15) is 18.0 Å². The first-order chi connectivity index (χ1) is 15.8. The third-order valence-corrected chi connectivity index (χ3v) is 6.13. The number of alkyl halides is 3. The SMILES string of the molecule is O=C(N[C@@H](c1cccc(-c2cncnc2)c1)C1CCCCN1)c1cccc(C(F)(F)F)c1Cl. The Labute approximate surface area is 194 Å². The fourth-order valence-electron chi connectivity index (χ4n) is 4.08. The lowest BCUT2D eigenvalue weighted by Crippen LogP contribution is -2.46. The maximum Gasteiger partial charge on any atom is 0.417 e. The van der Waals surface area contributed by atoms with Crippen LogP contribution in [0, 0.1) is 0 Å². The first-order valence-corrected chi connectivity index (χ1v) is 11.0. The van der Waals surface area contributed by atoms with Gasteiger partial charge in [-0.3, -0.25) is 4.79 Å². The van der Waals surface area contributed by atoms with Gasteiger partial charge < -0.3 is 10.6 Å². The number of rotatable bonds is 5. The number of aromatic nitrogens is 2. The lowest BCUT2D eigenvalue weighted by atomic mass is 9.90. The monoisotopic (exact) mass is 474 g/mol. The topological polar surface area (TPSA) is 66.9 Å². The summed E-state index contributed by atoms with van der Waals surface area (Å²) < 4.78 is 39.8. The first kappa shape index (κ1) is 23.2. The number of nitrogens with zero attached hydrogens (tertiary/aromatic N) is 2. The van der Waals surface area contributed by atoms with Gasteiger partial charge >= 0.3 is 6.18 Å². The van der Waals surface area contributed by atoms with E-state index in [1.54, 1.807) is 12.4 Å². The van der Waals surface area contributed by atoms with Crippen LogP contribution < -0.4 is 10.6 Å². The summed E-state index contributed by atoms with van der Waals surface area (Å²) in [6, 6.07) is 10.4. The minimum atomic E-state index is -4.65. The van der Waals surface area contributed by atoms with Gasteiger partial charge in [-0.2, -0.15) is 13.2 Å². The van der Waals surface area contributed by atoms with E-state index in [1.165, 1.54) is 18.5 Å². The van der Waals surface area contributed by atoms with Gasteiger partial charge in [0.1, 0.15) is 6.33 Å². The van der Waals surface area contributed by atoms with Crippen molar-refractivity contribution in [3.63, 3.8) is 0 Å². The third-order valence-electron chi connectivity index (χ3n) is 5.73. The normalized spacial score (nSPS) is 17.4. The standard InChI is InChI=1S/C24H22ClF3N4O/c25-21-18(7-4-8-19(21)24(26,27)28)23(33)32-22(20-9-1-2-10-31-20)16-6-3-5-15(11-16)17-12-29-14-30-13-17/h3-8,11-14,20,22,31H,1-2,9-10H2,(H,32,33)/t20?,22-/m0/s1. The number of hydrogen-bond acceptors (Lipinski definition) is 4. The first-order valence-electron chi connectivity index (χ1n) is 10.6. The molecule has 2 N–H and O–H groups in total. The zero-order valence-electron chi connectivity index (χ0n) is 17.6. The molecule has 0 bridgehead atoms. The van der Waals surface area contributed by atoms with Crippen LogP contribution in [0.1, 0.15) is 46.8 Å². The van der Waals surface area contributed by atoms with E-state index in [0.29, 0.717) is 0 Å². The minimum Gasteiger partial charge on any atom is -0.344 e. The summed E-state index contributed by atoms with van der Waals surface area (Å²) in [7, 11) is 0. The average molecular weight is 475 g/mol. The fourth-order valence-corrected chi connectivity index (χ4v) is 4.40. The van der Waals surface area contributed by atoms with E-state index < -0.39 is 28.7 Å². The Morgan fingerprint density at radius 3 is 2.55 bits per heavy atom. The van der Waals surface area contributed by atoms with E-state index in [0.717, 1.165) is 48.6 Å². The highest BCUT2D eigenvalue weighted by Gasteiger charge is 2.35. The Balaban J connectivity index is 1.68. The molecular weight excluding hydrogens is 453 g/mol. The highest BCUT2D eigenvalue weighted by molar-refractivity contribution is 6.34. The maximum atomic E-state index is 13.3. The zero-order chi connectivity index (χ0) is 23.4. The minimum absolute atomic E-state index is 0.0745. The van der Waals surface area contributed by atoms with Crippen molar-refractivity contribution in [1.29, 1.82) is 0 Å². The molecule has 1 aromatic heterocycles. The summed E-state index contributed by atoms with van der Waals surface area (Å²) >= 11 is 6.00. The quantitative estimate of drug-likeness (QED) is 0.517. The Bertz CT molecular complexity index is 1120. The molecule has 1 saturated heterocycles. The highest BCUT2D eigenvalue weighted by atomic mass is 35.5. The van der Waals surface area contributed by atoms with Gasteiger partial charge in [0.25, 0.3) is 5.91 Å². The fraction of sp³-hybridized carbons (Fsp3) is 0.292. The van der Waals surface area contributed by atoms with Crippen molar-refractivity contribution in [3.8, 4) is 11.1 Å². The number of amides is 1. The Morgan fingerprint density at radius 2 is 1.85 bits per heavy atom. The van der Waals surface area contributed by atoms with Crippen molar-refractivity contribution < 1.29 is 18.0 Å². The second-order valence-electron chi connectivity index (χ2n) is 7.93. The summed E-state index contributed by atoms with van der Waals surface area (Å²) in [6.07, 6.45) is 3.02. The van der Waals surface area contributed by atoms with Gasteiger partial charge in [-0.25, -0.2) is 9.97 Å². The van der Waals surface area contributed by atoms with E-state index >= 15 is 0 Å². The molecule has 1 aliphatic heterocycles. The van der Waals surface area contributed by atoms with E-state index in [2.05, 4.69) is 20.6 Å². The Morgan fingerprint density at radius 1 is 1.09 bits per heavy atom. The van der Waals surface area contributed by atoms with Crippen molar-refractivity contribution in [3.05, 3.63) is 82.9 Å². The molecule has 1 fully saturated rings. The van der Waals surface area contributed by atoms with Gasteiger partial charge in [-0.15, -0.1) is 0 Å². The molecule has 1 amide bonds. The van der Waals surface area contributed by atoms with Crippen LogP contribution in [0.3, 0.4) is 0 Å². The van der Waals surface area contributed by atoms with Gasteiger partial charge in [-0.05, 0) is 48.7 Å². The molecule has 9 heteroatoms. The van der Waals surface area contributed by atoms with Crippen LogP contribution in [0.5, 0.6) is 0 Å². The van der Waals surface area contributed by atoms with E-state index in [-0.39, 0.29) is 11.6 Å². The van der Waals surface area contributed by atoms with Gasteiger partial charge in [0.05, 0.1) is 22.2 Å². The molecule has 33 heavy (non-hydrogen) atoms. The van der Waals surface area contributed by atoms with Crippen molar-refractivity contribution >= 4 is 17.5 Å². The van der Waals surface area contributed by atoms with Crippen LogP contribution in [0.15, 0.2) is 61.2 Å². The molecule has 2 heterocycles. The maximum absolute atomic E-state index is 13.3. The number of benzene rings is 2. The van der Waals surface area contributed by atoms with Crippen LogP contribution in [0.4, 0.5) is 13.2 Å². The molecule has 0 aliphatic carbocycles. The number of hydrogen-bond donors (Lipinski definition) is 2. The van der Waals surface area contributed by atoms with Gasteiger partial charge in [0.2, 0.25) is 0 Å². The zero-order valence-corrected chi connectivity index (χ0v) is 18.3. The lowest BCUT2D eigenvalue weighted by molar-refractivity contribution is -0.137. The molecule has 0 spiro atoms. The van der Waals surface area contributed by atoms with E-state index in [4.69, 9.17) is 11.6 Å². The summed E-state index contributed by atoms with van der Waals surface area (Å²) in [6.45, 7) is 0.799. The highest BCUT2D eigenvalue weighted by Crippen LogP contribution is 2.36. The van der Waals surface area contributed by atoms with Crippen molar-refractivity contribution in [2.45, 2.75) is 37.5 Å². The van der Waals surface area contributed by atoms with Crippen molar-refractivity contribution in [2.24, 2.45) is 0 Å².